The van der Waals surface area contributed by atoms with Crippen molar-refractivity contribution in [1.29, 1.82) is 0 Å². The summed E-state index contributed by atoms with van der Waals surface area (Å²) in [6, 6.07) is 0. The van der Waals surface area contributed by atoms with Crippen LogP contribution in [-0.4, -0.2) is 36.2 Å². The van der Waals surface area contributed by atoms with E-state index in [1.54, 1.807) is 0 Å². The van der Waals surface area contributed by atoms with Crippen LogP contribution in [0, 0.1) is 28.6 Å². The van der Waals surface area contributed by atoms with Gasteiger partial charge in [-0.2, -0.15) is 0 Å². The highest BCUT2D eigenvalue weighted by Crippen LogP contribution is 2.53. The van der Waals surface area contributed by atoms with Crippen molar-refractivity contribution in [3.05, 3.63) is 0 Å². The Hall–Kier alpha value is -1.59. The predicted octanol–water partition coefficient (Wildman–Crippen LogP) is 8.40. The molecule has 0 aromatic rings. The molecule has 3 rings (SSSR count). The number of esters is 3. The van der Waals surface area contributed by atoms with Crippen molar-refractivity contribution in [1.82, 2.24) is 0 Å². The Bertz CT molecular complexity index is 708. The van der Waals surface area contributed by atoms with Gasteiger partial charge in [0.05, 0.1) is 10.8 Å². The van der Waals surface area contributed by atoms with Crippen molar-refractivity contribution in [3.63, 3.8) is 0 Å². The molecule has 1 heterocycles. The third-order valence-electron chi connectivity index (χ3n) is 8.23. The molecule has 0 amide bonds. The summed E-state index contributed by atoms with van der Waals surface area (Å²) in [5.74, 6) is 1.81. The Morgan fingerprint density at radius 1 is 0.838 bits per heavy atom. The quantitative estimate of drug-likeness (QED) is 0.231. The van der Waals surface area contributed by atoms with Gasteiger partial charge in [-0.1, -0.05) is 50.0 Å². The zero-order chi connectivity index (χ0) is 25.0. The van der Waals surface area contributed by atoms with Gasteiger partial charge in [-0.05, 0) is 91.9 Å². The smallest absolute Gasteiger partial charge is 0.312 e. The molecule has 222 valence electrons. The average Bonchev–Trinajstić information content (AvgIpc) is 3.49. The van der Waals surface area contributed by atoms with E-state index in [-0.39, 0.29) is 71.3 Å². The largest absolute Gasteiger partial charge is 0.461 e. The maximum atomic E-state index is 12.3. The van der Waals surface area contributed by atoms with Gasteiger partial charge >= 0.3 is 17.9 Å². The van der Waals surface area contributed by atoms with Crippen molar-refractivity contribution >= 4 is 17.9 Å². The predicted molar refractivity (Wildman–Crippen MR) is 154 cm³/mol. The van der Waals surface area contributed by atoms with Crippen LogP contribution in [0.2, 0.25) is 0 Å². The van der Waals surface area contributed by atoms with Gasteiger partial charge in [0.25, 0.3) is 0 Å². The van der Waals surface area contributed by atoms with Gasteiger partial charge in [-0.25, -0.2) is 0 Å². The van der Waals surface area contributed by atoms with E-state index in [0.717, 1.165) is 24.7 Å². The van der Waals surface area contributed by atoms with Crippen LogP contribution < -0.4 is 0 Å². The molecule has 3 aliphatic rings. The Morgan fingerprint density at radius 3 is 1.78 bits per heavy atom. The Balaban J connectivity index is -0.000000572. The van der Waals surface area contributed by atoms with Gasteiger partial charge in [0.1, 0.15) is 18.3 Å². The molecule has 1 saturated heterocycles. The van der Waals surface area contributed by atoms with E-state index < -0.39 is 5.41 Å². The fourth-order valence-electron chi connectivity index (χ4n) is 4.90. The first-order chi connectivity index (χ1) is 15.2. The van der Waals surface area contributed by atoms with Crippen LogP contribution in [-0.2, 0) is 28.6 Å². The number of carbonyl (C=O) groups is 3. The fraction of sp³-hybridized carbons (Fsp3) is 0.903. The molecule has 0 spiro atoms. The molecule has 0 radical (unpaired) electrons. The second-order valence-electron chi connectivity index (χ2n) is 12.0. The van der Waals surface area contributed by atoms with Crippen LogP contribution in [0.25, 0.3) is 0 Å². The lowest BCUT2D eigenvalue weighted by Gasteiger charge is -2.38. The molecule has 0 N–H and O–H groups in total. The van der Waals surface area contributed by atoms with Gasteiger partial charge in [0.2, 0.25) is 0 Å². The van der Waals surface area contributed by atoms with Crippen molar-refractivity contribution in [2.24, 2.45) is 28.6 Å². The van der Waals surface area contributed by atoms with E-state index >= 15 is 0 Å². The third-order valence-corrected chi connectivity index (χ3v) is 8.23. The Morgan fingerprint density at radius 2 is 1.38 bits per heavy atom. The maximum Gasteiger partial charge on any atom is 0.312 e. The number of hydrogen-bond acceptors (Lipinski definition) is 6. The molecule has 4 atom stereocenters. The fourth-order valence-corrected chi connectivity index (χ4v) is 4.90. The molecule has 3 fully saturated rings. The Labute approximate surface area is 230 Å². The van der Waals surface area contributed by atoms with Crippen LogP contribution in [0.4, 0.5) is 0 Å². The first-order valence-corrected chi connectivity index (χ1v) is 12.8. The van der Waals surface area contributed by atoms with Crippen LogP contribution in [0.3, 0.4) is 0 Å². The lowest BCUT2D eigenvalue weighted by Crippen LogP contribution is -2.42. The summed E-state index contributed by atoms with van der Waals surface area (Å²) in [6.45, 7) is 16.0. The molecule has 2 saturated carbocycles. The number of cyclic esters (lactones) is 1. The maximum absolute atomic E-state index is 12.3. The second kappa shape index (κ2) is 15.7. The van der Waals surface area contributed by atoms with Gasteiger partial charge in [0.15, 0.2) is 0 Å². The third kappa shape index (κ3) is 10.6. The standard InChI is InChI=1S/C16H28O2.C11H18O4.4CH4/c1-6-15(2,3)14(17)18-16(4,5)13-10-11-7-8-12(13)9-11;1-4-11(2,3)10(13)14-7-8-5-6-9(12)15-8;;;;/h11-13H,6-10H2,1-5H3;8H,4-7H2,1-3H3;4*1H4. The first kappa shape index (κ1) is 39.9. The highest BCUT2D eigenvalue weighted by molar-refractivity contribution is 5.76. The van der Waals surface area contributed by atoms with E-state index in [2.05, 4.69) is 13.8 Å². The number of carbonyl (C=O) groups excluding carboxylic acids is 3. The summed E-state index contributed by atoms with van der Waals surface area (Å²) in [5.41, 5.74) is -1.10. The highest BCUT2D eigenvalue weighted by Gasteiger charge is 2.49. The molecule has 37 heavy (non-hydrogen) atoms. The highest BCUT2D eigenvalue weighted by atomic mass is 16.6. The van der Waals surface area contributed by atoms with E-state index in [4.69, 9.17) is 14.2 Å². The number of rotatable bonds is 8. The summed E-state index contributed by atoms with van der Waals surface area (Å²) < 4.78 is 15.9. The first-order valence-electron chi connectivity index (χ1n) is 12.8. The second-order valence-corrected chi connectivity index (χ2v) is 12.0. The van der Waals surface area contributed by atoms with Gasteiger partial charge < -0.3 is 14.2 Å². The average molecular weight is 531 g/mol. The molecule has 6 heteroatoms. The minimum atomic E-state index is -0.456. The van der Waals surface area contributed by atoms with Crippen molar-refractivity contribution in [2.75, 3.05) is 6.61 Å². The topological polar surface area (TPSA) is 78.9 Å². The van der Waals surface area contributed by atoms with Gasteiger partial charge in [0, 0.05) is 12.3 Å². The minimum Gasteiger partial charge on any atom is -0.461 e. The molecular weight excluding hydrogens is 468 g/mol. The zero-order valence-electron chi connectivity index (χ0n) is 22.1. The van der Waals surface area contributed by atoms with Crippen LogP contribution in [0.5, 0.6) is 0 Å². The van der Waals surface area contributed by atoms with Gasteiger partial charge in [-0.15, -0.1) is 0 Å². The summed E-state index contributed by atoms with van der Waals surface area (Å²) in [5, 5.41) is 0. The summed E-state index contributed by atoms with van der Waals surface area (Å²) in [7, 11) is 0. The SMILES string of the molecule is C.C.C.C.CCC(C)(C)C(=O)OC(C)(C)C1CC2CCC1C2.CCC(C)(C)C(=O)OCC1CCC(=O)O1. The molecule has 4 unspecified atom stereocenters. The van der Waals surface area contributed by atoms with E-state index in [1.807, 2.05) is 41.5 Å². The van der Waals surface area contributed by atoms with E-state index in [0.29, 0.717) is 18.8 Å². The minimum absolute atomic E-state index is 0. The number of fused-ring (bicyclic) bond motifs is 2. The Kier molecular flexibility index (Phi) is 17.0. The van der Waals surface area contributed by atoms with E-state index in [1.165, 1.54) is 25.7 Å². The summed E-state index contributed by atoms with van der Waals surface area (Å²) in [6.07, 6.45) is 7.76. The molecule has 2 aliphatic carbocycles. The number of hydrogen-bond donors (Lipinski definition) is 0. The lowest BCUT2D eigenvalue weighted by molar-refractivity contribution is -0.174. The molecular formula is C31H62O6. The zero-order valence-corrected chi connectivity index (χ0v) is 22.1. The lowest BCUT2D eigenvalue weighted by atomic mass is 9.77. The molecule has 6 nitrogen and oxygen atoms in total. The van der Waals surface area contributed by atoms with Crippen molar-refractivity contribution in [2.45, 2.75) is 148 Å². The van der Waals surface area contributed by atoms with E-state index in [9.17, 15) is 14.4 Å². The molecule has 0 aromatic heterocycles. The molecule has 0 aromatic carbocycles. The number of ether oxygens (including phenoxy) is 3. The van der Waals surface area contributed by atoms with Gasteiger partial charge in [-0.3, -0.25) is 14.4 Å². The summed E-state index contributed by atoms with van der Waals surface area (Å²) >= 11 is 0. The molecule has 2 bridgehead atoms. The molecule has 1 aliphatic heterocycles. The van der Waals surface area contributed by atoms with Crippen LogP contribution in [0.15, 0.2) is 0 Å². The normalized spacial score (nSPS) is 24.1. The van der Waals surface area contributed by atoms with Crippen molar-refractivity contribution in [3.8, 4) is 0 Å². The van der Waals surface area contributed by atoms with Crippen LogP contribution in [0.1, 0.15) is 136 Å². The monoisotopic (exact) mass is 530 g/mol. The van der Waals surface area contributed by atoms with Crippen molar-refractivity contribution < 1.29 is 28.6 Å². The summed E-state index contributed by atoms with van der Waals surface area (Å²) in [4.78, 5) is 34.6. The van der Waals surface area contributed by atoms with Crippen LogP contribution >= 0.6 is 0 Å².